The van der Waals surface area contributed by atoms with Crippen LogP contribution in [0, 0.1) is 12.7 Å². The van der Waals surface area contributed by atoms with Crippen LogP contribution in [0.3, 0.4) is 0 Å². The van der Waals surface area contributed by atoms with Crippen molar-refractivity contribution < 1.29 is 22.3 Å². The van der Waals surface area contributed by atoms with Crippen LogP contribution >= 0.6 is 0 Å². The fraction of sp³-hybridized carbons (Fsp3) is 0.381. The molecule has 0 aliphatic rings. The van der Waals surface area contributed by atoms with Crippen LogP contribution in [0.25, 0.3) is 0 Å². The summed E-state index contributed by atoms with van der Waals surface area (Å²) in [5, 5.41) is 2.84. The maximum absolute atomic E-state index is 13.1. The van der Waals surface area contributed by atoms with Crippen molar-refractivity contribution in [2.75, 3.05) is 23.7 Å². The van der Waals surface area contributed by atoms with Crippen molar-refractivity contribution >= 4 is 21.6 Å². The zero-order valence-electron chi connectivity index (χ0n) is 16.9. The summed E-state index contributed by atoms with van der Waals surface area (Å²) in [5.41, 5.74) is 1.51. The van der Waals surface area contributed by atoms with E-state index in [1.807, 2.05) is 38.1 Å². The highest BCUT2D eigenvalue weighted by molar-refractivity contribution is 7.92. The first-order valence-corrected chi connectivity index (χ1v) is 11.2. The van der Waals surface area contributed by atoms with E-state index in [9.17, 15) is 17.6 Å². The summed E-state index contributed by atoms with van der Waals surface area (Å²) in [5.74, 6) is 0.112. The predicted octanol–water partition coefficient (Wildman–Crippen LogP) is 3.26. The molecule has 1 amide bonds. The standard InChI is InChI=1S/C21H27FN2O4S/c1-16-6-12-20(13-7-16)28-15-17(2)23-21(25)5-4-14-24(29(3,26)27)19-10-8-18(22)9-11-19/h6-13,17H,4-5,14-15H2,1-3H3,(H,23,25)/t17-/m1/s1. The largest absolute Gasteiger partial charge is 0.491 e. The highest BCUT2D eigenvalue weighted by atomic mass is 32.2. The molecule has 6 nitrogen and oxygen atoms in total. The van der Waals surface area contributed by atoms with Crippen molar-refractivity contribution in [2.45, 2.75) is 32.7 Å². The van der Waals surface area contributed by atoms with Gasteiger partial charge in [-0.2, -0.15) is 0 Å². The number of hydrogen-bond acceptors (Lipinski definition) is 4. The number of aryl methyl sites for hydroxylation is 1. The zero-order chi connectivity index (χ0) is 21.4. The van der Waals surface area contributed by atoms with E-state index < -0.39 is 15.8 Å². The van der Waals surface area contributed by atoms with Crippen LogP contribution in [0.5, 0.6) is 5.75 Å². The first-order valence-electron chi connectivity index (χ1n) is 9.37. The third-order valence-corrected chi connectivity index (χ3v) is 5.40. The molecule has 0 aliphatic heterocycles. The Hall–Kier alpha value is -2.61. The van der Waals surface area contributed by atoms with E-state index in [4.69, 9.17) is 4.74 Å². The Morgan fingerprint density at radius 2 is 1.76 bits per heavy atom. The van der Waals surface area contributed by atoms with Crippen LogP contribution in [0.1, 0.15) is 25.3 Å². The van der Waals surface area contributed by atoms with Crippen molar-refractivity contribution in [1.29, 1.82) is 0 Å². The molecule has 0 spiro atoms. The maximum atomic E-state index is 13.1. The Balaban J connectivity index is 1.79. The Labute approximate surface area is 171 Å². The Morgan fingerprint density at radius 3 is 2.34 bits per heavy atom. The quantitative estimate of drug-likeness (QED) is 0.638. The first kappa shape index (κ1) is 22.7. The Morgan fingerprint density at radius 1 is 1.14 bits per heavy atom. The van der Waals surface area contributed by atoms with Gasteiger partial charge in [0.2, 0.25) is 15.9 Å². The average molecular weight is 423 g/mol. The number of anilines is 1. The van der Waals surface area contributed by atoms with Crippen molar-refractivity contribution in [3.05, 3.63) is 59.9 Å². The van der Waals surface area contributed by atoms with Gasteiger partial charge < -0.3 is 10.1 Å². The molecule has 0 fully saturated rings. The molecule has 2 rings (SSSR count). The van der Waals surface area contributed by atoms with Crippen LogP contribution in [0.2, 0.25) is 0 Å². The van der Waals surface area contributed by atoms with Crippen LogP contribution < -0.4 is 14.4 Å². The highest BCUT2D eigenvalue weighted by Crippen LogP contribution is 2.18. The second-order valence-electron chi connectivity index (χ2n) is 7.01. The van der Waals surface area contributed by atoms with Crippen LogP contribution in [0.15, 0.2) is 48.5 Å². The van der Waals surface area contributed by atoms with Gasteiger partial charge in [0.15, 0.2) is 0 Å². The number of ether oxygens (including phenoxy) is 1. The molecule has 8 heteroatoms. The molecule has 1 N–H and O–H groups in total. The molecule has 158 valence electrons. The number of nitrogens with one attached hydrogen (secondary N) is 1. The fourth-order valence-electron chi connectivity index (χ4n) is 2.72. The van der Waals surface area contributed by atoms with Gasteiger partial charge in [-0.3, -0.25) is 9.10 Å². The van der Waals surface area contributed by atoms with Crippen LogP contribution in [-0.2, 0) is 14.8 Å². The lowest BCUT2D eigenvalue weighted by Crippen LogP contribution is -2.37. The molecule has 0 aromatic heterocycles. The summed E-state index contributed by atoms with van der Waals surface area (Å²) in [6, 6.07) is 12.7. The number of nitrogens with zero attached hydrogens (tertiary/aromatic N) is 1. The van der Waals surface area contributed by atoms with E-state index in [2.05, 4.69) is 5.32 Å². The smallest absolute Gasteiger partial charge is 0.232 e. The molecule has 29 heavy (non-hydrogen) atoms. The molecule has 2 aromatic carbocycles. The summed E-state index contributed by atoms with van der Waals surface area (Å²) in [6.07, 6.45) is 1.59. The lowest BCUT2D eigenvalue weighted by molar-refractivity contribution is -0.121. The molecule has 0 aliphatic carbocycles. The number of rotatable bonds is 10. The first-order chi connectivity index (χ1) is 13.6. The Bertz CT molecular complexity index is 899. The number of benzene rings is 2. The van der Waals surface area contributed by atoms with Gasteiger partial charge in [0, 0.05) is 13.0 Å². The van der Waals surface area contributed by atoms with Gasteiger partial charge in [-0.05, 0) is 56.7 Å². The van der Waals surface area contributed by atoms with E-state index in [1.165, 1.54) is 28.6 Å². The molecular weight excluding hydrogens is 395 g/mol. The lowest BCUT2D eigenvalue weighted by Gasteiger charge is -2.22. The van der Waals surface area contributed by atoms with E-state index in [-0.39, 0.29) is 24.9 Å². The Kier molecular flexibility index (Phi) is 8.01. The SMILES string of the molecule is Cc1ccc(OC[C@@H](C)NC(=O)CCCN(c2ccc(F)cc2)S(C)(=O)=O)cc1. The molecule has 0 bridgehead atoms. The molecule has 2 aromatic rings. The van der Waals surface area contributed by atoms with Gasteiger partial charge in [0.1, 0.15) is 18.2 Å². The molecule has 0 heterocycles. The molecule has 1 atom stereocenters. The van der Waals surface area contributed by atoms with Crippen LogP contribution in [0.4, 0.5) is 10.1 Å². The summed E-state index contributed by atoms with van der Waals surface area (Å²) in [7, 11) is -3.54. The van der Waals surface area contributed by atoms with E-state index in [0.29, 0.717) is 18.7 Å². The van der Waals surface area contributed by atoms with Gasteiger partial charge in [-0.25, -0.2) is 12.8 Å². The normalized spacial score (nSPS) is 12.3. The van der Waals surface area contributed by atoms with E-state index in [0.717, 1.165) is 17.6 Å². The highest BCUT2D eigenvalue weighted by Gasteiger charge is 2.18. The minimum atomic E-state index is -3.54. The number of carbonyl (C=O) groups is 1. The molecule has 0 saturated carbocycles. The van der Waals surface area contributed by atoms with Gasteiger partial charge in [0.05, 0.1) is 18.0 Å². The molecule has 0 saturated heterocycles. The van der Waals surface area contributed by atoms with Crippen molar-refractivity contribution in [3.63, 3.8) is 0 Å². The topological polar surface area (TPSA) is 75.7 Å². The second-order valence-corrected chi connectivity index (χ2v) is 8.91. The number of hydrogen-bond donors (Lipinski definition) is 1. The van der Waals surface area contributed by atoms with Crippen LogP contribution in [-0.4, -0.2) is 39.8 Å². The average Bonchev–Trinajstić information content (AvgIpc) is 2.65. The molecule has 0 unspecified atom stereocenters. The second kappa shape index (κ2) is 10.2. The van der Waals surface area contributed by atoms with Gasteiger partial charge in [-0.15, -0.1) is 0 Å². The number of sulfonamides is 1. The number of halogens is 1. The maximum Gasteiger partial charge on any atom is 0.232 e. The summed E-state index contributed by atoms with van der Waals surface area (Å²) in [6.45, 7) is 4.30. The molecular formula is C21H27FN2O4S. The number of amides is 1. The summed E-state index contributed by atoms with van der Waals surface area (Å²) in [4.78, 5) is 12.1. The third-order valence-electron chi connectivity index (χ3n) is 4.21. The molecule has 0 radical (unpaired) electrons. The van der Waals surface area contributed by atoms with E-state index >= 15 is 0 Å². The van der Waals surface area contributed by atoms with Crippen molar-refractivity contribution in [1.82, 2.24) is 5.32 Å². The minimum absolute atomic E-state index is 0.131. The number of carbonyl (C=O) groups excluding carboxylic acids is 1. The monoisotopic (exact) mass is 422 g/mol. The minimum Gasteiger partial charge on any atom is -0.491 e. The fourth-order valence-corrected chi connectivity index (χ4v) is 3.69. The van der Waals surface area contributed by atoms with Gasteiger partial charge >= 0.3 is 0 Å². The summed E-state index contributed by atoms with van der Waals surface area (Å²) < 4.78 is 44.0. The summed E-state index contributed by atoms with van der Waals surface area (Å²) >= 11 is 0. The third kappa shape index (κ3) is 7.73. The van der Waals surface area contributed by atoms with Crippen molar-refractivity contribution in [3.8, 4) is 5.75 Å². The van der Waals surface area contributed by atoms with E-state index in [1.54, 1.807) is 0 Å². The van der Waals surface area contributed by atoms with Gasteiger partial charge in [0.25, 0.3) is 0 Å². The van der Waals surface area contributed by atoms with Gasteiger partial charge in [-0.1, -0.05) is 17.7 Å². The zero-order valence-corrected chi connectivity index (χ0v) is 17.7. The van der Waals surface area contributed by atoms with Crippen molar-refractivity contribution in [2.24, 2.45) is 0 Å². The predicted molar refractivity (Wildman–Crippen MR) is 112 cm³/mol. The lowest BCUT2D eigenvalue weighted by atomic mass is 10.2.